The fourth-order valence-corrected chi connectivity index (χ4v) is 3.65. The van der Waals surface area contributed by atoms with E-state index in [9.17, 15) is 4.79 Å². The van der Waals surface area contributed by atoms with E-state index in [2.05, 4.69) is 22.5 Å². The second kappa shape index (κ2) is 8.11. The zero-order chi connectivity index (χ0) is 15.1. The SMILES string of the molecule is CCC1CCCCN1CCNC(=O)C1(OC)CCNCC1. The first kappa shape index (κ1) is 16.7. The summed E-state index contributed by atoms with van der Waals surface area (Å²) in [5, 5.41) is 6.38. The van der Waals surface area contributed by atoms with Crippen molar-refractivity contribution in [2.45, 2.75) is 57.1 Å². The third-order valence-electron chi connectivity index (χ3n) is 5.12. The maximum atomic E-state index is 12.5. The molecule has 2 fully saturated rings. The molecule has 1 amide bonds. The number of methoxy groups -OCH3 is 1. The van der Waals surface area contributed by atoms with Crippen molar-refractivity contribution in [3.8, 4) is 0 Å². The van der Waals surface area contributed by atoms with Crippen LogP contribution in [0.5, 0.6) is 0 Å². The quantitative estimate of drug-likeness (QED) is 0.772. The van der Waals surface area contributed by atoms with Crippen molar-refractivity contribution in [3.63, 3.8) is 0 Å². The molecule has 122 valence electrons. The summed E-state index contributed by atoms with van der Waals surface area (Å²) < 4.78 is 5.56. The van der Waals surface area contributed by atoms with Gasteiger partial charge >= 0.3 is 0 Å². The number of piperidine rings is 2. The van der Waals surface area contributed by atoms with Crippen molar-refractivity contribution in [1.82, 2.24) is 15.5 Å². The molecule has 0 radical (unpaired) electrons. The summed E-state index contributed by atoms with van der Waals surface area (Å²) in [5.74, 6) is 0.0663. The molecule has 0 saturated carbocycles. The van der Waals surface area contributed by atoms with Crippen molar-refractivity contribution >= 4 is 5.91 Å². The average molecular weight is 297 g/mol. The van der Waals surface area contributed by atoms with E-state index in [0.29, 0.717) is 6.04 Å². The standard InChI is InChI=1S/C16H31N3O2/c1-3-14-6-4-5-12-19(14)13-11-18-15(20)16(21-2)7-9-17-10-8-16/h14,17H,3-13H2,1-2H3,(H,18,20). The van der Waals surface area contributed by atoms with Gasteiger partial charge in [-0.25, -0.2) is 0 Å². The second-order valence-electron chi connectivity index (χ2n) is 6.30. The minimum absolute atomic E-state index is 0.0663. The van der Waals surface area contributed by atoms with E-state index in [1.807, 2.05) is 0 Å². The Labute approximate surface area is 128 Å². The predicted molar refractivity (Wildman–Crippen MR) is 84.4 cm³/mol. The van der Waals surface area contributed by atoms with Gasteiger partial charge in [0.15, 0.2) is 0 Å². The van der Waals surface area contributed by atoms with Gasteiger partial charge in [0.25, 0.3) is 5.91 Å². The molecule has 0 spiro atoms. The largest absolute Gasteiger partial charge is 0.368 e. The van der Waals surface area contributed by atoms with Crippen LogP contribution in [-0.4, -0.2) is 62.3 Å². The van der Waals surface area contributed by atoms with E-state index in [0.717, 1.165) is 39.0 Å². The molecule has 2 aliphatic rings. The number of hydrogen-bond acceptors (Lipinski definition) is 4. The van der Waals surface area contributed by atoms with Gasteiger partial charge in [-0.3, -0.25) is 9.69 Å². The van der Waals surface area contributed by atoms with Crippen molar-refractivity contribution in [2.75, 3.05) is 39.8 Å². The lowest BCUT2D eigenvalue weighted by molar-refractivity contribution is -0.146. The summed E-state index contributed by atoms with van der Waals surface area (Å²) in [7, 11) is 1.66. The molecule has 2 saturated heterocycles. The number of nitrogens with one attached hydrogen (secondary N) is 2. The summed E-state index contributed by atoms with van der Waals surface area (Å²) in [6.07, 6.45) is 6.67. The highest BCUT2D eigenvalue weighted by Crippen LogP contribution is 2.22. The number of amides is 1. The maximum absolute atomic E-state index is 12.5. The molecule has 1 unspecified atom stereocenters. The van der Waals surface area contributed by atoms with Crippen LogP contribution in [0.1, 0.15) is 45.4 Å². The van der Waals surface area contributed by atoms with E-state index in [4.69, 9.17) is 4.74 Å². The summed E-state index contributed by atoms with van der Waals surface area (Å²) in [6, 6.07) is 0.700. The number of rotatable bonds is 6. The van der Waals surface area contributed by atoms with Gasteiger partial charge in [0.1, 0.15) is 5.60 Å². The highest BCUT2D eigenvalue weighted by molar-refractivity contribution is 5.85. The molecule has 5 nitrogen and oxygen atoms in total. The smallest absolute Gasteiger partial charge is 0.252 e. The average Bonchev–Trinajstić information content (AvgIpc) is 2.55. The highest BCUT2D eigenvalue weighted by atomic mass is 16.5. The Bertz CT molecular complexity index is 329. The summed E-state index contributed by atoms with van der Waals surface area (Å²) in [4.78, 5) is 15.0. The minimum Gasteiger partial charge on any atom is -0.368 e. The first-order valence-electron chi connectivity index (χ1n) is 8.50. The van der Waals surface area contributed by atoms with Crippen molar-refractivity contribution in [3.05, 3.63) is 0 Å². The Morgan fingerprint density at radius 2 is 2.14 bits per heavy atom. The highest BCUT2D eigenvalue weighted by Gasteiger charge is 2.39. The van der Waals surface area contributed by atoms with E-state index in [-0.39, 0.29) is 5.91 Å². The van der Waals surface area contributed by atoms with Crippen LogP contribution in [0.3, 0.4) is 0 Å². The summed E-state index contributed by atoms with van der Waals surface area (Å²) >= 11 is 0. The molecule has 21 heavy (non-hydrogen) atoms. The minimum atomic E-state index is -0.614. The Hall–Kier alpha value is -0.650. The van der Waals surface area contributed by atoms with Gasteiger partial charge in [-0.1, -0.05) is 13.3 Å². The monoisotopic (exact) mass is 297 g/mol. The number of carbonyl (C=O) groups excluding carboxylic acids is 1. The number of ether oxygens (including phenoxy) is 1. The lowest BCUT2D eigenvalue weighted by Gasteiger charge is -2.37. The molecular weight excluding hydrogens is 266 g/mol. The third kappa shape index (κ3) is 4.18. The van der Waals surface area contributed by atoms with Crippen LogP contribution in [0.4, 0.5) is 0 Å². The first-order valence-corrected chi connectivity index (χ1v) is 8.50. The second-order valence-corrected chi connectivity index (χ2v) is 6.30. The van der Waals surface area contributed by atoms with Gasteiger partial charge in [-0.05, 0) is 51.7 Å². The van der Waals surface area contributed by atoms with Gasteiger partial charge in [0.2, 0.25) is 0 Å². The third-order valence-corrected chi connectivity index (χ3v) is 5.12. The van der Waals surface area contributed by atoms with Crippen LogP contribution in [0.15, 0.2) is 0 Å². The molecule has 2 heterocycles. The Morgan fingerprint density at radius 1 is 1.38 bits per heavy atom. The van der Waals surface area contributed by atoms with Crippen LogP contribution < -0.4 is 10.6 Å². The Kier molecular flexibility index (Phi) is 6.45. The van der Waals surface area contributed by atoms with Crippen molar-refractivity contribution in [1.29, 1.82) is 0 Å². The molecule has 0 aromatic rings. The Morgan fingerprint density at radius 3 is 2.81 bits per heavy atom. The van der Waals surface area contributed by atoms with Gasteiger partial charge in [0, 0.05) is 26.2 Å². The molecule has 0 aliphatic carbocycles. The Balaban J connectivity index is 1.77. The van der Waals surface area contributed by atoms with Gasteiger partial charge in [0.05, 0.1) is 0 Å². The lowest BCUT2D eigenvalue weighted by Crippen LogP contribution is -2.55. The summed E-state index contributed by atoms with van der Waals surface area (Å²) in [5.41, 5.74) is -0.614. The first-order chi connectivity index (χ1) is 10.2. The van der Waals surface area contributed by atoms with Crippen LogP contribution in [-0.2, 0) is 9.53 Å². The van der Waals surface area contributed by atoms with Crippen LogP contribution in [0.25, 0.3) is 0 Å². The molecular formula is C16H31N3O2. The van der Waals surface area contributed by atoms with Crippen molar-refractivity contribution in [2.24, 2.45) is 0 Å². The number of hydrogen-bond donors (Lipinski definition) is 2. The molecule has 1 atom stereocenters. The molecule has 0 aromatic heterocycles. The van der Waals surface area contributed by atoms with E-state index in [1.54, 1.807) is 7.11 Å². The summed E-state index contributed by atoms with van der Waals surface area (Å²) in [6.45, 7) is 6.83. The topological polar surface area (TPSA) is 53.6 Å². The zero-order valence-corrected chi connectivity index (χ0v) is 13.6. The normalized spacial score (nSPS) is 26.5. The van der Waals surface area contributed by atoms with Crippen LogP contribution >= 0.6 is 0 Å². The fraction of sp³-hybridized carbons (Fsp3) is 0.938. The number of carbonyl (C=O) groups is 1. The number of likely N-dealkylation sites (tertiary alicyclic amines) is 1. The molecule has 2 N–H and O–H groups in total. The molecule has 0 bridgehead atoms. The van der Waals surface area contributed by atoms with Crippen LogP contribution in [0, 0.1) is 0 Å². The maximum Gasteiger partial charge on any atom is 0.252 e. The number of nitrogens with zero attached hydrogens (tertiary/aromatic N) is 1. The van der Waals surface area contributed by atoms with E-state index < -0.39 is 5.60 Å². The molecule has 2 aliphatic heterocycles. The van der Waals surface area contributed by atoms with Gasteiger partial charge in [-0.15, -0.1) is 0 Å². The fourth-order valence-electron chi connectivity index (χ4n) is 3.65. The van der Waals surface area contributed by atoms with Gasteiger partial charge < -0.3 is 15.4 Å². The van der Waals surface area contributed by atoms with Gasteiger partial charge in [-0.2, -0.15) is 0 Å². The van der Waals surface area contributed by atoms with E-state index >= 15 is 0 Å². The molecule has 2 rings (SSSR count). The molecule has 0 aromatic carbocycles. The lowest BCUT2D eigenvalue weighted by atomic mass is 9.91. The van der Waals surface area contributed by atoms with E-state index in [1.165, 1.54) is 32.2 Å². The van der Waals surface area contributed by atoms with Crippen LogP contribution in [0.2, 0.25) is 0 Å². The van der Waals surface area contributed by atoms with Crippen molar-refractivity contribution < 1.29 is 9.53 Å². The predicted octanol–water partition coefficient (Wildman–Crippen LogP) is 1.14. The zero-order valence-electron chi connectivity index (χ0n) is 13.6. The molecule has 5 heteroatoms.